The summed E-state index contributed by atoms with van der Waals surface area (Å²) in [7, 11) is 0. The highest BCUT2D eigenvalue weighted by Crippen LogP contribution is 2.29. The molecule has 118 valence electrons. The molecular weight excluding hydrogens is 280 g/mol. The number of ether oxygens (including phenoxy) is 2. The van der Waals surface area contributed by atoms with Gasteiger partial charge in [0, 0.05) is 38.6 Å². The Hall–Kier alpha value is -1.43. The number of cyclic esters (lactones) is 1. The molecule has 3 aliphatic rings. The maximum absolute atomic E-state index is 11.9. The smallest absolute Gasteiger partial charge is 0.338 e. The summed E-state index contributed by atoms with van der Waals surface area (Å²) in [6.45, 7) is 6.80. The van der Waals surface area contributed by atoms with E-state index in [2.05, 4.69) is 16.3 Å². The van der Waals surface area contributed by atoms with Crippen molar-refractivity contribution in [1.29, 1.82) is 0 Å². The van der Waals surface area contributed by atoms with Gasteiger partial charge in [0.15, 0.2) is 0 Å². The van der Waals surface area contributed by atoms with Crippen molar-refractivity contribution in [2.75, 3.05) is 32.8 Å². The Labute approximate surface area is 130 Å². The van der Waals surface area contributed by atoms with Crippen LogP contribution >= 0.6 is 0 Å². The van der Waals surface area contributed by atoms with Crippen LogP contribution in [-0.4, -0.2) is 55.8 Å². The lowest BCUT2D eigenvalue weighted by molar-refractivity contribution is -0.0718. The van der Waals surface area contributed by atoms with Crippen LogP contribution < -0.4 is 5.32 Å². The predicted molar refractivity (Wildman–Crippen MR) is 81.9 cm³/mol. The Morgan fingerprint density at radius 2 is 2.27 bits per heavy atom. The molecule has 1 aromatic rings. The van der Waals surface area contributed by atoms with Crippen LogP contribution in [0.2, 0.25) is 0 Å². The van der Waals surface area contributed by atoms with Crippen LogP contribution in [0.3, 0.4) is 0 Å². The molecule has 2 fully saturated rings. The molecular formula is C17H22N2O3. The fraction of sp³-hybridized carbons (Fsp3) is 0.588. The average Bonchev–Trinajstić information content (AvgIpc) is 2.53. The van der Waals surface area contributed by atoms with Gasteiger partial charge in [-0.25, -0.2) is 4.79 Å². The molecule has 2 saturated heterocycles. The molecule has 0 spiro atoms. The predicted octanol–water partition coefficient (Wildman–Crippen LogP) is 1.13. The molecule has 5 heteroatoms. The fourth-order valence-corrected chi connectivity index (χ4v) is 3.68. The lowest BCUT2D eigenvalue weighted by atomic mass is 9.94. The molecule has 0 bridgehead atoms. The molecule has 3 aliphatic heterocycles. The van der Waals surface area contributed by atoms with Crippen molar-refractivity contribution in [3.05, 3.63) is 34.9 Å². The van der Waals surface area contributed by atoms with Crippen molar-refractivity contribution < 1.29 is 14.3 Å². The number of fused-ring (bicyclic) bond motifs is 2. The molecule has 0 saturated carbocycles. The minimum atomic E-state index is -0.202. The number of esters is 1. The minimum absolute atomic E-state index is 0.0416. The summed E-state index contributed by atoms with van der Waals surface area (Å²) < 4.78 is 11.4. The van der Waals surface area contributed by atoms with E-state index < -0.39 is 0 Å². The van der Waals surface area contributed by atoms with Crippen LogP contribution in [0.1, 0.15) is 34.5 Å². The van der Waals surface area contributed by atoms with E-state index in [0.717, 1.165) is 44.8 Å². The van der Waals surface area contributed by atoms with E-state index in [-0.39, 0.29) is 18.2 Å². The van der Waals surface area contributed by atoms with Gasteiger partial charge < -0.3 is 14.8 Å². The number of carbonyl (C=O) groups excluding carboxylic acids is 1. The largest absolute Gasteiger partial charge is 0.459 e. The lowest BCUT2D eigenvalue weighted by Gasteiger charge is -2.42. The molecule has 5 nitrogen and oxygen atoms in total. The van der Waals surface area contributed by atoms with E-state index in [1.165, 1.54) is 5.56 Å². The van der Waals surface area contributed by atoms with Crippen molar-refractivity contribution in [2.24, 2.45) is 0 Å². The first-order chi connectivity index (χ1) is 10.7. The Balaban J connectivity index is 1.56. The summed E-state index contributed by atoms with van der Waals surface area (Å²) in [5, 5.41) is 3.42. The Kier molecular flexibility index (Phi) is 3.64. The highest BCUT2D eigenvalue weighted by Gasteiger charge is 2.32. The summed E-state index contributed by atoms with van der Waals surface area (Å²) in [5.74, 6) is -0.202. The topological polar surface area (TPSA) is 50.8 Å². The van der Waals surface area contributed by atoms with E-state index in [1.807, 2.05) is 19.1 Å². The summed E-state index contributed by atoms with van der Waals surface area (Å²) in [4.78, 5) is 14.4. The Morgan fingerprint density at radius 1 is 1.36 bits per heavy atom. The molecule has 1 unspecified atom stereocenters. The van der Waals surface area contributed by atoms with Gasteiger partial charge in [0.05, 0.1) is 18.3 Å². The van der Waals surface area contributed by atoms with Gasteiger partial charge in [-0.2, -0.15) is 0 Å². The van der Waals surface area contributed by atoms with Crippen molar-refractivity contribution in [2.45, 2.75) is 31.6 Å². The van der Waals surface area contributed by atoms with Gasteiger partial charge in [-0.1, -0.05) is 12.1 Å². The number of morpholine rings is 1. The van der Waals surface area contributed by atoms with E-state index in [9.17, 15) is 4.79 Å². The molecule has 0 aliphatic carbocycles. The van der Waals surface area contributed by atoms with Gasteiger partial charge in [0.2, 0.25) is 0 Å². The Morgan fingerprint density at radius 3 is 3.18 bits per heavy atom. The normalized spacial score (nSPS) is 32.0. The van der Waals surface area contributed by atoms with E-state index in [0.29, 0.717) is 11.6 Å². The maximum Gasteiger partial charge on any atom is 0.338 e. The minimum Gasteiger partial charge on any atom is -0.459 e. The van der Waals surface area contributed by atoms with Gasteiger partial charge >= 0.3 is 5.97 Å². The number of nitrogens with zero attached hydrogens (tertiary/aromatic N) is 1. The third-order valence-electron chi connectivity index (χ3n) is 4.90. The summed E-state index contributed by atoms with van der Waals surface area (Å²) in [5.41, 5.74) is 2.97. The van der Waals surface area contributed by atoms with E-state index in [1.54, 1.807) is 0 Å². The second-order valence-corrected chi connectivity index (χ2v) is 6.51. The van der Waals surface area contributed by atoms with E-state index >= 15 is 0 Å². The van der Waals surface area contributed by atoms with Gasteiger partial charge in [0.1, 0.15) is 6.10 Å². The van der Waals surface area contributed by atoms with Crippen molar-refractivity contribution in [3.63, 3.8) is 0 Å². The zero-order valence-electron chi connectivity index (χ0n) is 12.9. The zero-order chi connectivity index (χ0) is 15.1. The van der Waals surface area contributed by atoms with Crippen molar-refractivity contribution in [3.8, 4) is 0 Å². The summed E-state index contributed by atoms with van der Waals surface area (Å²) in [6, 6.07) is 6.55. The molecule has 1 aromatic carbocycles. The van der Waals surface area contributed by atoms with Gasteiger partial charge in [-0.05, 0) is 24.1 Å². The maximum atomic E-state index is 11.9. The molecule has 4 rings (SSSR count). The number of carbonyl (C=O) groups is 1. The monoisotopic (exact) mass is 302 g/mol. The molecule has 22 heavy (non-hydrogen) atoms. The fourth-order valence-electron chi connectivity index (χ4n) is 3.68. The highest BCUT2D eigenvalue weighted by atomic mass is 16.5. The second kappa shape index (κ2) is 5.65. The second-order valence-electron chi connectivity index (χ2n) is 6.51. The molecule has 0 aromatic heterocycles. The molecule has 3 heterocycles. The molecule has 1 N–H and O–H groups in total. The molecule has 0 radical (unpaired) electrons. The first-order valence-corrected chi connectivity index (χ1v) is 8.11. The number of nitrogens with one attached hydrogen (secondary N) is 1. The average molecular weight is 302 g/mol. The molecule has 0 amide bonds. The van der Waals surface area contributed by atoms with E-state index in [4.69, 9.17) is 9.47 Å². The van der Waals surface area contributed by atoms with Gasteiger partial charge in [-0.15, -0.1) is 0 Å². The van der Waals surface area contributed by atoms with Crippen LogP contribution in [0.5, 0.6) is 0 Å². The number of hydrogen-bond acceptors (Lipinski definition) is 5. The lowest BCUT2D eigenvalue weighted by Crippen LogP contribution is -2.57. The summed E-state index contributed by atoms with van der Waals surface area (Å²) >= 11 is 0. The van der Waals surface area contributed by atoms with Gasteiger partial charge in [-0.3, -0.25) is 4.90 Å². The standard InChI is InChI=1S/C17H22N2O3/c1-11-6-13-7-12(2-3-15(13)17(20)22-11)16-9-19-5-4-18-8-14(19)10-21-16/h2-3,7,11,14,16,18H,4-6,8-10H2,1H3/t11?,14-,16-/m1/s1. The number of rotatable bonds is 1. The number of benzene rings is 1. The van der Waals surface area contributed by atoms with Crippen LogP contribution in [0.25, 0.3) is 0 Å². The first-order valence-electron chi connectivity index (χ1n) is 8.11. The van der Waals surface area contributed by atoms with Crippen molar-refractivity contribution >= 4 is 5.97 Å². The number of hydrogen-bond donors (Lipinski definition) is 1. The van der Waals surface area contributed by atoms with Gasteiger partial charge in [0.25, 0.3) is 0 Å². The van der Waals surface area contributed by atoms with Crippen LogP contribution in [0, 0.1) is 0 Å². The van der Waals surface area contributed by atoms with Crippen molar-refractivity contribution in [1.82, 2.24) is 10.2 Å². The van der Waals surface area contributed by atoms with Crippen LogP contribution in [-0.2, 0) is 15.9 Å². The first kappa shape index (κ1) is 14.2. The third-order valence-corrected chi connectivity index (χ3v) is 4.90. The number of piperazine rings is 1. The summed E-state index contributed by atoms with van der Waals surface area (Å²) in [6.07, 6.45) is 0.853. The highest BCUT2D eigenvalue weighted by molar-refractivity contribution is 5.92. The molecule has 3 atom stereocenters. The zero-order valence-corrected chi connectivity index (χ0v) is 12.9. The quantitative estimate of drug-likeness (QED) is 0.788. The third kappa shape index (κ3) is 2.53. The SMILES string of the molecule is CC1Cc2cc([C@H]3CN4CCNC[C@@H]4CO3)ccc2C(=O)O1. The van der Waals surface area contributed by atoms with Crippen LogP contribution in [0.4, 0.5) is 0 Å². The Bertz CT molecular complexity index is 589. The van der Waals surface area contributed by atoms with Crippen LogP contribution in [0.15, 0.2) is 18.2 Å².